The Bertz CT molecular complexity index is 18.5. The third-order valence-electron chi connectivity index (χ3n) is 0. The minimum atomic E-state index is 0.833. The summed E-state index contributed by atoms with van der Waals surface area (Å²) in [7, 11) is 0. The minimum Gasteiger partial charge on any atom is -0.106 e. The molecule has 0 atom stereocenters. The number of rotatable bonds is 0. The van der Waals surface area contributed by atoms with Crippen LogP contribution in [-0.2, 0) is 0 Å². The molecular formula is C11H28. The van der Waals surface area contributed by atoms with Gasteiger partial charge in [-0.2, -0.15) is 0 Å². The Balaban J connectivity index is -0.0000000315. The molecule has 0 aromatic heterocycles. The molecule has 0 heterocycles. The van der Waals surface area contributed by atoms with Gasteiger partial charge in [0.2, 0.25) is 0 Å². The molecule has 0 aromatic carbocycles. The van der Waals surface area contributed by atoms with Crippen molar-refractivity contribution in [2.45, 2.75) is 54.9 Å². The van der Waals surface area contributed by atoms with Crippen LogP contribution in [0.2, 0.25) is 0 Å². The van der Waals surface area contributed by atoms with E-state index in [1.165, 1.54) is 6.42 Å². The van der Waals surface area contributed by atoms with E-state index in [0.717, 1.165) is 5.92 Å². The van der Waals surface area contributed by atoms with Gasteiger partial charge in [0.1, 0.15) is 0 Å². The van der Waals surface area contributed by atoms with Crippen LogP contribution in [0.25, 0.3) is 0 Å². The lowest BCUT2D eigenvalue weighted by Gasteiger charge is -1.79. The van der Waals surface area contributed by atoms with Crippen LogP contribution in [0.1, 0.15) is 54.9 Å². The van der Waals surface area contributed by atoms with Crippen molar-refractivity contribution in [1.82, 2.24) is 0 Å². The van der Waals surface area contributed by atoms with Gasteiger partial charge >= 0.3 is 0 Å². The predicted molar refractivity (Wildman–Crippen MR) is 59.1 cm³/mol. The van der Waals surface area contributed by atoms with E-state index in [4.69, 9.17) is 0 Å². The lowest BCUT2D eigenvalue weighted by molar-refractivity contribution is 0.737. The van der Waals surface area contributed by atoms with Crippen LogP contribution in [0.4, 0.5) is 0 Å². The molecule has 72 valence electrons. The Hall–Kier alpha value is -0.260. The first-order chi connectivity index (χ1) is 5.15. The first-order valence-corrected chi connectivity index (χ1v) is 4.65. The first-order valence-electron chi connectivity index (χ1n) is 4.65. The van der Waals surface area contributed by atoms with E-state index in [-0.39, 0.29) is 0 Å². The van der Waals surface area contributed by atoms with Crippen molar-refractivity contribution in [2.24, 2.45) is 5.92 Å². The molecule has 0 heteroatoms. The van der Waals surface area contributed by atoms with Crippen LogP contribution < -0.4 is 0 Å². The van der Waals surface area contributed by atoms with Crippen molar-refractivity contribution in [2.75, 3.05) is 0 Å². The fourth-order valence-electron chi connectivity index (χ4n) is 0. The van der Waals surface area contributed by atoms with Gasteiger partial charge in [0.25, 0.3) is 0 Å². The Kier molecular flexibility index (Phi) is 108. The molecule has 0 aliphatic rings. The standard InChI is InChI=1S/C4H10.C3H8.C2H6.C2H4/c1-4(2)3;1-3-2;2*1-2/h4H,1-3H3;3H2,1-2H3;1-2H3;1-2H2. The summed E-state index contributed by atoms with van der Waals surface area (Å²) in [5.41, 5.74) is 0. The number of hydrogen-bond donors (Lipinski definition) is 0. The number of hydrogen-bond acceptors (Lipinski definition) is 0. The molecule has 0 unspecified atom stereocenters. The Labute approximate surface area is 74.7 Å². The smallest absolute Gasteiger partial charge is 0.0500 e. The van der Waals surface area contributed by atoms with Crippen LogP contribution in [0, 0.1) is 5.92 Å². The zero-order valence-corrected chi connectivity index (χ0v) is 9.70. The molecule has 0 nitrogen and oxygen atoms in total. The normalized spacial score (nSPS) is 5.82. The highest BCUT2D eigenvalue weighted by Crippen LogP contribution is 1.81. The van der Waals surface area contributed by atoms with E-state index in [0.29, 0.717) is 0 Å². The van der Waals surface area contributed by atoms with Crippen molar-refractivity contribution >= 4 is 0 Å². The van der Waals surface area contributed by atoms with E-state index in [1.807, 2.05) is 13.8 Å². The predicted octanol–water partition coefficient (Wildman–Crippen LogP) is 4.91. The summed E-state index contributed by atoms with van der Waals surface area (Å²) in [5.74, 6) is 0.833. The largest absolute Gasteiger partial charge is 0.106 e. The molecule has 0 bridgehead atoms. The Morgan fingerprint density at radius 1 is 0.909 bits per heavy atom. The molecule has 0 spiro atoms. The Morgan fingerprint density at radius 2 is 0.909 bits per heavy atom. The van der Waals surface area contributed by atoms with Gasteiger partial charge < -0.3 is 0 Å². The molecule has 0 aliphatic carbocycles. The molecule has 0 fully saturated rings. The highest BCUT2D eigenvalue weighted by Gasteiger charge is 1.68. The van der Waals surface area contributed by atoms with Gasteiger partial charge in [-0.15, -0.1) is 13.2 Å². The molecular weight excluding hydrogens is 132 g/mol. The van der Waals surface area contributed by atoms with Crippen molar-refractivity contribution in [1.29, 1.82) is 0 Å². The fourth-order valence-corrected chi connectivity index (χ4v) is 0. The topological polar surface area (TPSA) is 0 Å². The van der Waals surface area contributed by atoms with E-state index < -0.39 is 0 Å². The van der Waals surface area contributed by atoms with Crippen molar-refractivity contribution in [3.05, 3.63) is 13.2 Å². The van der Waals surface area contributed by atoms with Crippen LogP contribution in [-0.4, -0.2) is 0 Å². The summed E-state index contributed by atoms with van der Waals surface area (Å²) in [4.78, 5) is 0. The van der Waals surface area contributed by atoms with Gasteiger partial charge in [0.05, 0.1) is 0 Å². The van der Waals surface area contributed by atoms with Crippen molar-refractivity contribution in [3.63, 3.8) is 0 Å². The van der Waals surface area contributed by atoms with Crippen molar-refractivity contribution in [3.8, 4) is 0 Å². The highest BCUT2D eigenvalue weighted by atomic mass is 13.7. The van der Waals surface area contributed by atoms with Gasteiger partial charge in [-0.3, -0.25) is 0 Å². The fraction of sp³-hybridized carbons (Fsp3) is 0.818. The quantitative estimate of drug-likeness (QED) is 0.442. The summed E-state index contributed by atoms with van der Waals surface area (Å²) in [6.07, 6.45) is 1.25. The van der Waals surface area contributed by atoms with Crippen LogP contribution in [0.15, 0.2) is 13.2 Å². The molecule has 0 N–H and O–H groups in total. The second-order valence-corrected chi connectivity index (χ2v) is 2.44. The van der Waals surface area contributed by atoms with Crippen LogP contribution in [0.5, 0.6) is 0 Å². The minimum absolute atomic E-state index is 0.833. The summed E-state index contributed by atoms with van der Waals surface area (Å²) in [5, 5.41) is 0. The summed E-state index contributed by atoms with van der Waals surface area (Å²) >= 11 is 0. The zero-order chi connectivity index (χ0) is 10.3. The molecule has 0 rings (SSSR count). The maximum atomic E-state index is 3.00. The average molecular weight is 160 g/mol. The third-order valence-corrected chi connectivity index (χ3v) is 0. The molecule has 0 aliphatic heterocycles. The monoisotopic (exact) mass is 160 g/mol. The van der Waals surface area contributed by atoms with E-state index in [9.17, 15) is 0 Å². The van der Waals surface area contributed by atoms with Crippen LogP contribution in [0.3, 0.4) is 0 Å². The van der Waals surface area contributed by atoms with Crippen LogP contribution >= 0.6 is 0 Å². The maximum Gasteiger partial charge on any atom is -0.0500 e. The highest BCUT2D eigenvalue weighted by molar-refractivity contribution is 4.22. The summed E-state index contributed by atoms with van der Waals surface area (Å²) in [6, 6.07) is 0. The summed E-state index contributed by atoms with van der Waals surface area (Å²) in [6.45, 7) is 20.8. The van der Waals surface area contributed by atoms with E-state index in [1.54, 1.807) is 0 Å². The molecule has 0 radical (unpaired) electrons. The van der Waals surface area contributed by atoms with Gasteiger partial charge in [-0.1, -0.05) is 54.9 Å². The second-order valence-electron chi connectivity index (χ2n) is 2.44. The molecule has 0 aromatic rings. The van der Waals surface area contributed by atoms with Gasteiger partial charge in [0.15, 0.2) is 0 Å². The second kappa shape index (κ2) is 53.2. The first kappa shape index (κ1) is 22.4. The zero-order valence-electron chi connectivity index (χ0n) is 9.70. The Morgan fingerprint density at radius 3 is 0.909 bits per heavy atom. The lowest BCUT2D eigenvalue weighted by Crippen LogP contribution is -1.66. The molecule has 0 saturated carbocycles. The molecule has 0 saturated heterocycles. The molecule has 0 amide bonds. The third kappa shape index (κ3) is 8630. The average Bonchev–Trinajstić information content (AvgIpc) is 1.96. The van der Waals surface area contributed by atoms with Gasteiger partial charge in [0, 0.05) is 0 Å². The lowest BCUT2D eigenvalue weighted by atomic mass is 10.3. The maximum absolute atomic E-state index is 3.00. The van der Waals surface area contributed by atoms with Gasteiger partial charge in [-0.05, 0) is 5.92 Å². The van der Waals surface area contributed by atoms with Crippen molar-refractivity contribution < 1.29 is 0 Å². The van der Waals surface area contributed by atoms with E-state index in [2.05, 4.69) is 47.8 Å². The molecule has 11 heavy (non-hydrogen) atoms. The SMILES string of the molecule is C=C.CC.CC(C)C.CCC. The van der Waals surface area contributed by atoms with E-state index >= 15 is 0 Å². The summed E-state index contributed by atoms with van der Waals surface area (Å²) < 4.78 is 0. The van der Waals surface area contributed by atoms with Gasteiger partial charge in [-0.25, -0.2) is 0 Å².